The Balaban J connectivity index is 2.34. The minimum atomic E-state index is -0.465. The Morgan fingerprint density at radius 2 is 2.18 bits per heavy atom. The molecule has 0 saturated carbocycles. The first kappa shape index (κ1) is 16.8. The van der Waals surface area contributed by atoms with Gasteiger partial charge in [0.05, 0.1) is 12.1 Å². The van der Waals surface area contributed by atoms with Crippen LogP contribution >= 0.6 is 0 Å². The third-order valence-electron chi connectivity index (χ3n) is 4.09. The molecule has 4 heteroatoms. The number of amides is 1. The van der Waals surface area contributed by atoms with Crippen molar-refractivity contribution < 1.29 is 14.6 Å². The van der Waals surface area contributed by atoms with Gasteiger partial charge in [-0.1, -0.05) is 26.3 Å². The first-order valence-electron chi connectivity index (χ1n) is 8.16. The van der Waals surface area contributed by atoms with E-state index in [-0.39, 0.29) is 17.6 Å². The summed E-state index contributed by atoms with van der Waals surface area (Å²) < 4.78 is 6.03. The molecule has 0 spiro atoms. The Morgan fingerprint density at radius 1 is 1.45 bits per heavy atom. The van der Waals surface area contributed by atoms with Gasteiger partial charge in [-0.25, -0.2) is 0 Å². The van der Waals surface area contributed by atoms with Crippen molar-refractivity contribution >= 4 is 5.91 Å². The zero-order valence-corrected chi connectivity index (χ0v) is 14.0. The van der Waals surface area contributed by atoms with Crippen LogP contribution in [-0.2, 0) is 4.79 Å². The molecule has 1 aromatic rings. The first-order valence-corrected chi connectivity index (χ1v) is 8.16. The van der Waals surface area contributed by atoms with Crippen molar-refractivity contribution in [1.29, 1.82) is 0 Å². The van der Waals surface area contributed by atoms with E-state index in [9.17, 15) is 9.90 Å². The van der Waals surface area contributed by atoms with E-state index in [0.717, 1.165) is 36.1 Å². The average molecular weight is 305 g/mol. The summed E-state index contributed by atoms with van der Waals surface area (Å²) in [6.07, 6.45) is 2.38. The number of rotatable bonds is 5. The van der Waals surface area contributed by atoms with Crippen LogP contribution in [0.15, 0.2) is 18.2 Å². The second-order valence-electron chi connectivity index (χ2n) is 6.64. The van der Waals surface area contributed by atoms with E-state index in [0.29, 0.717) is 6.42 Å². The van der Waals surface area contributed by atoms with Gasteiger partial charge >= 0.3 is 0 Å². The zero-order valence-electron chi connectivity index (χ0n) is 14.0. The molecule has 4 nitrogen and oxygen atoms in total. The van der Waals surface area contributed by atoms with Gasteiger partial charge in [0, 0.05) is 18.4 Å². The molecule has 0 bridgehead atoms. The lowest BCUT2D eigenvalue weighted by atomic mass is 9.88. The topological polar surface area (TPSA) is 58.6 Å². The number of hydrogen-bond donors (Lipinski definition) is 2. The van der Waals surface area contributed by atoms with Crippen LogP contribution in [0.25, 0.3) is 0 Å². The molecular weight excluding hydrogens is 278 g/mol. The van der Waals surface area contributed by atoms with Crippen molar-refractivity contribution in [1.82, 2.24) is 5.32 Å². The number of hydrogen-bond acceptors (Lipinski definition) is 3. The Bertz CT molecular complexity index is 539. The van der Waals surface area contributed by atoms with Gasteiger partial charge in [-0.2, -0.15) is 0 Å². The molecule has 1 amide bonds. The second kappa shape index (κ2) is 6.69. The van der Waals surface area contributed by atoms with Crippen LogP contribution in [0.1, 0.15) is 76.7 Å². The maximum Gasteiger partial charge on any atom is 0.220 e. The molecule has 1 heterocycles. The summed E-state index contributed by atoms with van der Waals surface area (Å²) >= 11 is 0. The minimum absolute atomic E-state index is 0.0353. The van der Waals surface area contributed by atoms with Gasteiger partial charge in [0.2, 0.25) is 5.91 Å². The number of carbonyl (C=O) groups is 1. The molecule has 2 unspecified atom stereocenters. The number of benzene rings is 1. The fraction of sp³-hybridized carbons (Fsp3) is 0.611. The quantitative estimate of drug-likeness (QED) is 0.873. The molecule has 0 fully saturated rings. The van der Waals surface area contributed by atoms with E-state index in [1.807, 2.05) is 39.0 Å². The van der Waals surface area contributed by atoms with Crippen molar-refractivity contribution in [3.05, 3.63) is 29.3 Å². The Labute approximate surface area is 132 Å². The summed E-state index contributed by atoms with van der Waals surface area (Å²) in [6.45, 7) is 7.96. The maximum atomic E-state index is 11.8. The van der Waals surface area contributed by atoms with E-state index in [2.05, 4.69) is 12.2 Å². The summed E-state index contributed by atoms with van der Waals surface area (Å²) in [6, 6.07) is 5.74. The van der Waals surface area contributed by atoms with Gasteiger partial charge in [0.1, 0.15) is 11.4 Å². The number of aliphatic hydroxyl groups excluding tert-OH is 1. The normalized spacial score (nSPS) is 20.7. The molecule has 22 heavy (non-hydrogen) atoms. The Morgan fingerprint density at radius 3 is 2.82 bits per heavy atom. The van der Waals surface area contributed by atoms with Crippen molar-refractivity contribution in [2.45, 2.75) is 71.1 Å². The summed E-state index contributed by atoms with van der Waals surface area (Å²) in [5, 5.41) is 13.3. The summed E-state index contributed by atoms with van der Waals surface area (Å²) in [5.74, 6) is 0.832. The number of ether oxygens (including phenoxy) is 1. The van der Waals surface area contributed by atoms with Gasteiger partial charge in [0.15, 0.2) is 0 Å². The lowest BCUT2D eigenvalue weighted by Crippen LogP contribution is -2.41. The van der Waals surface area contributed by atoms with Crippen LogP contribution in [0.4, 0.5) is 0 Å². The minimum Gasteiger partial charge on any atom is -0.487 e. The highest BCUT2D eigenvalue weighted by Gasteiger charge is 2.34. The third-order valence-corrected chi connectivity index (χ3v) is 4.09. The lowest BCUT2D eigenvalue weighted by molar-refractivity contribution is -0.122. The van der Waals surface area contributed by atoms with Crippen LogP contribution in [0, 0.1) is 0 Å². The van der Waals surface area contributed by atoms with Crippen LogP contribution in [0.3, 0.4) is 0 Å². The average Bonchev–Trinajstić information content (AvgIpc) is 2.45. The van der Waals surface area contributed by atoms with E-state index in [1.165, 1.54) is 0 Å². The summed E-state index contributed by atoms with van der Waals surface area (Å²) in [5.41, 5.74) is 1.54. The molecule has 1 aromatic carbocycles. The van der Waals surface area contributed by atoms with Gasteiger partial charge in [-0.15, -0.1) is 0 Å². The van der Waals surface area contributed by atoms with E-state index < -0.39 is 6.10 Å². The predicted molar refractivity (Wildman–Crippen MR) is 86.8 cm³/mol. The van der Waals surface area contributed by atoms with Gasteiger partial charge in [0.25, 0.3) is 0 Å². The van der Waals surface area contributed by atoms with E-state index in [4.69, 9.17) is 4.74 Å². The smallest absolute Gasteiger partial charge is 0.220 e. The molecular formula is C18H27NO3. The van der Waals surface area contributed by atoms with Crippen molar-refractivity contribution in [2.75, 3.05) is 0 Å². The predicted octanol–water partition coefficient (Wildman–Crippen LogP) is 3.65. The molecule has 1 aliphatic rings. The molecule has 0 saturated heterocycles. The van der Waals surface area contributed by atoms with Crippen molar-refractivity contribution in [2.24, 2.45) is 0 Å². The molecule has 0 aromatic heterocycles. The molecule has 2 N–H and O–H groups in total. The number of fused-ring (bicyclic) bond motifs is 1. The molecule has 1 aliphatic heterocycles. The zero-order chi connectivity index (χ0) is 16.3. The SMILES string of the molecule is CCCC(O)c1ccc2c(c1)C(NC(=O)CC)CC(C)(C)O2. The second-order valence-corrected chi connectivity index (χ2v) is 6.64. The Kier molecular flexibility index (Phi) is 5.12. The monoisotopic (exact) mass is 305 g/mol. The fourth-order valence-corrected chi connectivity index (χ4v) is 2.95. The lowest BCUT2D eigenvalue weighted by Gasteiger charge is -2.38. The van der Waals surface area contributed by atoms with E-state index in [1.54, 1.807) is 0 Å². The molecule has 2 rings (SSSR count). The maximum absolute atomic E-state index is 11.8. The molecule has 0 aliphatic carbocycles. The molecule has 0 radical (unpaired) electrons. The highest BCUT2D eigenvalue weighted by atomic mass is 16.5. The van der Waals surface area contributed by atoms with E-state index >= 15 is 0 Å². The number of nitrogens with one attached hydrogen (secondary N) is 1. The van der Waals surface area contributed by atoms with Crippen LogP contribution in [0.5, 0.6) is 5.75 Å². The largest absolute Gasteiger partial charge is 0.487 e. The summed E-state index contributed by atoms with van der Waals surface area (Å²) in [7, 11) is 0. The van der Waals surface area contributed by atoms with Crippen LogP contribution < -0.4 is 10.1 Å². The molecule has 2 atom stereocenters. The van der Waals surface area contributed by atoms with Crippen molar-refractivity contribution in [3.8, 4) is 5.75 Å². The highest BCUT2D eigenvalue weighted by molar-refractivity contribution is 5.76. The summed E-state index contributed by atoms with van der Waals surface area (Å²) in [4.78, 5) is 11.8. The highest BCUT2D eigenvalue weighted by Crippen LogP contribution is 2.40. The van der Waals surface area contributed by atoms with Crippen LogP contribution in [0.2, 0.25) is 0 Å². The first-order chi connectivity index (χ1) is 10.4. The third kappa shape index (κ3) is 3.80. The van der Waals surface area contributed by atoms with Crippen molar-refractivity contribution in [3.63, 3.8) is 0 Å². The fourth-order valence-electron chi connectivity index (χ4n) is 2.95. The number of aliphatic hydroxyl groups is 1. The Hall–Kier alpha value is -1.55. The molecule has 122 valence electrons. The standard InChI is InChI=1S/C18H27NO3/c1-5-7-15(20)12-8-9-16-13(10-12)14(19-17(21)6-2)11-18(3,4)22-16/h8-10,14-15,20H,5-7,11H2,1-4H3,(H,19,21). The van der Waals surface area contributed by atoms with Crippen LogP contribution in [-0.4, -0.2) is 16.6 Å². The number of carbonyl (C=O) groups excluding carboxylic acids is 1. The van der Waals surface area contributed by atoms with Gasteiger partial charge in [-0.05, 0) is 38.0 Å². The van der Waals surface area contributed by atoms with Gasteiger partial charge < -0.3 is 15.2 Å². The van der Waals surface area contributed by atoms with Gasteiger partial charge in [-0.3, -0.25) is 4.79 Å².